The maximum atomic E-state index is 13.3. The van der Waals surface area contributed by atoms with Crippen LogP contribution in [0.4, 0.5) is 5.82 Å². The van der Waals surface area contributed by atoms with Crippen molar-refractivity contribution >= 4 is 40.3 Å². The normalized spacial score (nSPS) is 15.2. The van der Waals surface area contributed by atoms with E-state index < -0.39 is 0 Å². The van der Waals surface area contributed by atoms with Gasteiger partial charge in [-0.25, -0.2) is 4.98 Å². The number of aromatic nitrogens is 2. The van der Waals surface area contributed by atoms with Crippen LogP contribution in [0.15, 0.2) is 66.9 Å². The molecule has 0 bridgehead atoms. The third-order valence-electron chi connectivity index (χ3n) is 6.03. The largest absolute Gasteiger partial charge is 0.358 e. The molecule has 0 radical (unpaired) electrons. The van der Waals surface area contributed by atoms with Crippen LogP contribution in [0.25, 0.3) is 10.9 Å². The van der Waals surface area contributed by atoms with Gasteiger partial charge in [0.25, 0.3) is 5.91 Å². The second-order valence-electron chi connectivity index (χ2n) is 8.20. The molecular weight excluding hydrogens is 432 g/mol. The lowest BCUT2D eigenvalue weighted by Crippen LogP contribution is -2.27. The zero-order valence-electron chi connectivity index (χ0n) is 18.5. The molecule has 2 aromatic heterocycles. The molecule has 166 valence electrons. The minimum atomic E-state index is -0.229. The summed E-state index contributed by atoms with van der Waals surface area (Å²) in [5.41, 5.74) is 6.19. The first-order valence-electron chi connectivity index (χ1n) is 10.8. The van der Waals surface area contributed by atoms with Crippen LogP contribution in [0.2, 0.25) is 0 Å². The van der Waals surface area contributed by atoms with Crippen LogP contribution in [-0.4, -0.2) is 32.4 Å². The van der Waals surface area contributed by atoms with Gasteiger partial charge in [-0.1, -0.05) is 30.3 Å². The number of anilines is 1. The number of aryl methyl sites for hydroxylation is 2. The molecular formula is C26H24N4O2S. The number of nitrogens with one attached hydrogen (secondary N) is 2. The van der Waals surface area contributed by atoms with E-state index in [1.165, 1.54) is 22.7 Å². The van der Waals surface area contributed by atoms with Crippen molar-refractivity contribution in [2.45, 2.75) is 25.8 Å². The van der Waals surface area contributed by atoms with Gasteiger partial charge in [-0.2, -0.15) is 0 Å². The van der Waals surface area contributed by atoms with Gasteiger partial charge >= 0.3 is 0 Å². The third-order valence-corrected chi connectivity index (χ3v) is 7.28. The Hall–Kier alpha value is -3.58. The molecule has 33 heavy (non-hydrogen) atoms. The maximum Gasteiger partial charge on any atom is 0.255 e. The molecule has 0 saturated carbocycles. The molecule has 6 nitrogen and oxygen atoms in total. The average molecular weight is 457 g/mol. The van der Waals surface area contributed by atoms with Crippen molar-refractivity contribution in [1.29, 1.82) is 0 Å². The molecule has 0 fully saturated rings. The molecule has 1 aliphatic heterocycles. The zero-order valence-corrected chi connectivity index (χ0v) is 19.3. The average Bonchev–Trinajstić information content (AvgIpc) is 3.26. The van der Waals surface area contributed by atoms with Gasteiger partial charge in [0.2, 0.25) is 5.91 Å². The van der Waals surface area contributed by atoms with Gasteiger partial charge in [0.05, 0.1) is 5.75 Å². The Morgan fingerprint density at radius 2 is 1.94 bits per heavy atom. The van der Waals surface area contributed by atoms with E-state index in [1.807, 2.05) is 35.2 Å². The lowest BCUT2D eigenvalue weighted by molar-refractivity contribution is -0.113. The van der Waals surface area contributed by atoms with Crippen LogP contribution in [-0.2, 0) is 11.3 Å². The summed E-state index contributed by atoms with van der Waals surface area (Å²) in [6, 6.07) is 19.3. The van der Waals surface area contributed by atoms with Crippen molar-refractivity contribution in [3.05, 3.63) is 94.8 Å². The van der Waals surface area contributed by atoms with Crippen molar-refractivity contribution in [3.63, 3.8) is 0 Å². The predicted octanol–water partition coefficient (Wildman–Crippen LogP) is 5.21. The summed E-state index contributed by atoms with van der Waals surface area (Å²) in [4.78, 5) is 35.2. The molecule has 4 aromatic rings. The lowest BCUT2D eigenvalue weighted by Gasteiger charge is -2.25. The molecule has 0 spiro atoms. The molecule has 7 heteroatoms. The number of benzene rings is 2. The van der Waals surface area contributed by atoms with Gasteiger partial charge in [-0.15, -0.1) is 11.8 Å². The summed E-state index contributed by atoms with van der Waals surface area (Å²) in [6.45, 7) is 4.65. The third kappa shape index (κ3) is 4.12. The number of pyridine rings is 1. The Morgan fingerprint density at radius 3 is 2.76 bits per heavy atom. The van der Waals surface area contributed by atoms with E-state index in [9.17, 15) is 9.59 Å². The number of amides is 2. The molecule has 5 rings (SSSR count). The molecule has 1 unspecified atom stereocenters. The van der Waals surface area contributed by atoms with Gasteiger partial charge in [0.15, 0.2) is 0 Å². The molecule has 3 heterocycles. The topological polar surface area (TPSA) is 78.1 Å². The van der Waals surface area contributed by atoms with E-state index in [-0.39, 0.29) is 22.9 Å². The summed E-state index contributed by atoms with van der Waals surface area (Å²) in [5, 5.41) is 3.76. The number of H-pyrrole nitrogens is 1. The Morgan fingerprint density at radius 1 is 1.12 bits per heavy atom. The van der Waals surface area contributed by atoms with Crippen LogP contribution in [0, 0.1) is 13.8 Å². The molecule has 2 amide bonds. The lowest BCUT2D eigenvalue weighted by atomic mass is 10.1. The minimum absolute atomic E-state index is 0.00435. The van der Waals surface area contributed by atoms with E-state index >= 15 is 0 Å². The summed E-state index contributed by atoms with van der Waals surface area (Å²) >= 11 is 1.46. The summed E-state index contributed by atoms with van der Waals surface area (Å²) in [6.07, 6.45) is 1.64. The van der Waals surface area contributed by atoms with E-state index in [1.54, 1.807) is 18.3 Å². The van der Waals surface area contributed by atoms with Crippen molar-refractivity contribution in [3.8, 4) is 0 Å². The number of carbonyl (C=O) groups excluding carboxylic acids is 2. The number of fused-ring (bicyclic) bond motifs is 2. The molecule has 2 N–H and O–H groups in total. The van der Waals surface area contributed by atoms with Crippen LogP contribution in [0.3, 0.4) is 0 Å². The first-order chi connectivity index (χ1) is 16.0. The fourth-order valence-electron chi connectivity index (χ4n) is 4.24. The Balaban J connectivity index is 1.37. The van der Waals surface area contributed by atoms with Crippen LogP contribution in [0.1, 0.15) is 38.1 Å². The first kappa shape index (κ1) is 21.3. The second-order valence-corrected chi connectivity index (χ2v) is 9.27. The smallest absolute Gasteiger partial charge is 0.255 e. The Labute approximate surface area is 196 Å². The zero-order chi connectivity index (χ0) is 22.9. The van der Waals surface area contributed by atoms with Crippen molar-refractivity contribution in [1.82, 2.24) is 14.9 Å². The quantitative estimate of drug-likeness (QED) is 0.418. The van der Waals surface area contributed by atoms with Gasteiger partial charge in [0, 0.05) is 34.9 Å². The van der Waals surface area contributed by atoms with E-state index in [4.69, 9.17) is 0 Å². The predicted molar refractivity (Wildman–Crippen MR) is 132 cm³/mol. The molecule has 0 saturated heterocycles. The van der Waals surface area contributed by atoms with Crippen LogP contribution >= 0.6 is 11.8 Å². The Kier molecular flexibility index (Phi) is 5.64. The van der Waals surface area contributed by atoms with Crippen molar-refractivity contribution in [2.24, 2.45) is 0 Å². The molecule has 2 aromatic carbocycles. The molecule has 0 aliphatic carbocycles. The van der Waals surface area contributed by atoms with Crippen molar-refractivity contribution < 1.29 is 9.59 Å². The highest BCUT2D eigenvalue weighted by molar-refractivity contribution is 8.00. The van der Waals surface area contributed by atoms with E-state index in [2.05, 4.69) is 47.3 Å². The Bertz CT molecular complexity index is 1350. The number of rotatable bonds is 6. The highest BCUT2D eigenvalue weighted by Gasteiger charge is 2.37. The van der Waals surface area contributed by atoms with Crippen molar-refractivity contribution in [2.75, 3.05) is 11.1 Å². The van der Waals surface area contributed by atoms with Gasteiger partial charge < -0.3 is 15.2 Å². The van der Waals surface area contributed by atoms with E-state index in [0.29, 0.717) is 17.9 Å². The fourth-order valence-corrected chi connectivity index (χ4v) is 5.36. The van der Waals surface area contributed by atoms with Crippen LogP contribution in [0.5, 0.6) is 0 Å². The number of hydrogen-bond acceptors (Lipinski definition) is 4. The molecule has 1 aliphatic rings. The SMILES string of the molecule is Cc1[nH]c2ccc(CN3C(=O)c4ccccc4C3SCC(=O)Nc3ccccn3)cc2c1C. The number of carbonyl (C=O) groups is 2. The van der Waals surface area contributed by atoms with Gasteiger partial charge in [0.1, 0.15) is 11.2 Å². The molecule has 1 atom stereocenters. The van der Waals surface area contributed by atoms with E-state index in [0.717, 1.165) is 22.3 Å². The van der Waals surface area contributed by atoms with Gasteiger partial charge in [-0.3, -0.25) is 9.59 Å². The standard InChI is InChI=1S/C26H24N4O2S/c1-16-17(2)28-22-11-10-18(13-21(16)22)14-30-25(32)19-7-3-4-8-20(19)26(30)33-15-24(31)29-23-9-5-6-12-27-23/h3-13,26,28H,14-15H2,1-2H3,(H,27,29,31). The summed E-state index contributed by atoms with van der Waals surface area (Å²) < 4.78 is 0. The highest BCUT2D eigenvalue weighted by Crippen LogP contribution is 2.42. The summed E-state index contributed by atoms with van der Waals surface area (Å²) in [7, 11) is 0. The van der Waals surface area contributed by atoms with Gasteiger partial charge in [-0.05, 0) is 60.9 Å². The fraction of sp³-hybridized carbons (Fsp3) is 0.192. The number of nitrogens with zero attached hydrogens (tertiary/aromatic N) is 2. The second kappa shape index (κ2) is 8.75. The summed E-state index contributed by atoms with van der Waals surface area (Å²) in [5.74, 6) is 0.591. The number of aromatic amines is 1. The minimum Gasteiger partial charge on any atom is -0.358 e. The number of thioether (sulfide) groups is 1. The maximum absolute atomic E-state index is 13.3. The first-order valence-corrected chi connectivity index (χ1v) is 11.9. The highest BCUT2D eigenvalue weighted by atomic mass is 32.2. The van der Waals surface area contributed by atoms with Crippen LogP contribution < -0.4 is 5.32 Å². The monoisotopic (exact) mass is 456 g/mol. The number of hydrogen-bond donors (Lipinski definition) is 2.